The number of thiophene rings is 1. The highest BCUT2D eigenvalue weighted by Crippen LogP contribution is 2.37. The predicted molar refractivity (Wildman–Crippen MR) is 66.3 cm³/mol. The second kappa shape index (κ2) is 3.54. The van der Waals surface area contributed by atoms with E-state index in [0.29, 0.717) is 0 Å². The predicted octanol–water partition coefficient (Wildman–Crippen LogP) is 3.46. The van der Waals surface area contributed by atoms with Gasteiger partial charge in [-0.3, -0.25) is 0 Å². The molecule has 84 valence electrons. The maximum Gasteiger partial charge on any atom is 0.123 e. The second-order valence-electron chi connectivity index (χ2n) is 4.76. The van der Waals surface area contributed by atoms with Crippen LogP contribution in [0, 0.1) is 5.82 Å². The first kappa shape index (κ1) is 10.2. The van der Waals surface area contributed by atoms with E-state index in [2.05, 4.69) is 6.07 Å². The van der Waals surface area contributed by atoms with Crippen LogP contribution in [0.15, 0.2) is 24.3 Å². The largest absolute Gasteiger partial charge is 0.325 e. The van der Waals surface area contributed by atoms with Crippen LogP contribution in [0.25, 0.3) is 10.1 Å². The quantitative estimate of drug-likeness (QED) is 0.866. The molecule has 1 aliphatic carbocycles. The number of hydrogen-bond acceptors (Lipinski definition) is 2. The first-order valence-corrected chi connectivity index (χ1v) is 6.43. The van der Waals surface area contributed by atoms with E-state index in [0.717, 1.165) is 31.1 Å². The van der Waals surface area contributed by atoms with Gasteiger partial charge in [0.2, 0.25) is 0 Å². The summed E-state index contributed by atoms with van der Waals surface area (Å²) in [5.74, 6) is -0.158. The summed E-state index contributed by atoms with van der Waals surface area (Å²) in [6.07, 6.45) is 4.40. The van der Waals surface area contributed by atoms with Gasteiger partial charge in [-0.1, -0.05) is 0 Å². The highest BCUT2D eigenvalue weighted by Gasteiger charge is 2.37. The first-order chi connectivity index (χ1) is 7.65. The van der Waals surface area contributed by atoms with Crippen LogP contribution in [0.1, 0.15) is 24.1 Å². The Hall–Kier alpha value is -0.930. The van der Waals surface area contributed by atoms with Gasteiger partial charge in [0.05, 0.1) is 0 Å². The van der Waals surface area contributed by atoms with Crippen LogP contribution >= 0.6 is 11.3 Å². The zero-order chi connectivity index (χ0) is 11.2. The van der Waals surface area contributed by atoms with Gasteiger partial charge in [-0.2, -0.15) is 0 Å². The van der Waals surface area contributed by atoms with Gasteiger partial charge in [-0.05, 0) is 55.3 Å². The minimum atomic E-state index is -0.158. The molecule has 0 amide bonds. The third-order valence-corrected chi connectivity index (χ3v) is 4.47. The molecule has 1 aromatic heterocycles. The van der Waals surface area contributed by atoms with Crippen molar-refractivity contribution < 1.29 is 4.39 Å². The molecule has 1 nitrogen and oxygen atoms in total. The molecule has 1 saturated carbocycles. The van der Waals surface area contributed by atoms with E-state index in [1.807, 2.05) is 6.07 Å². The summed E-state index contributed by atoms with van der Waals surface area (Å²) in [4.78, 5) is 1.32. The van der Waals surface area contributed by atoms with E-state index in [1.165, 1.54) is 15.6 Å². The zero-order valence-electron chi connectivity index (χ0n) is 9.00. The first-order valence-electron chi connectivity index (χ1n) is 5.62. The van der Waals surface area contributed by atoms with Crippen molar-refractivity contribution in [2.24, 2.45) is 5.73 Å². The van der Waals surface area contributed by atoms with E-state index < -0.39 is 0 Å². The van der Waals surface area contributed by atoms with Crippen LogP contribution in [0.2, 0.25) is 0 Å². The fourth-order valence-electron chi connectivity index (χ4n) is 1.98. The number of fused-ring (bicyclic) bond motifs is 1. The average Bonchev–Trinajstić information content (AvgIpc) is 2.85. The smallest absolute Gasteiger partial charge is 0.123 e. The number of halogens is 1. The molecule has 0 unspecified atom stereocenters. The van der Waals surface area contributed by atoms with Gasteiger partial charge in [-0.25, -0.2) is 4.39 Å². The molecular weight excluding hydrogens is 221 g/mol. The Morgan fingerprint density at radius 2 is 2.12 bits per heavy atom. The summed E-state index contributed by atoms with van der Waals surface area (Å²) in [5, 5.41) is 1.02. The van der Waals surface area contributed by atoms with E-state index >= 15 is 0 Å². The summed E-state index contributed by atoms with van der Waals surface area (Å²) < 4.78 is 14.2. The molecule has 0 aliphatic heterocycles. The molecule has 1 aliphatic rings. The van der Waals surface area contributed by atoms with Gasteiger partial charge in [0.15, 0.2) is 0 Å². The van der Waals surface area contributed by atoms with Gasteiger partial charge in [0.25, 0.3) is 0 Å². The number of nitrogens with two attached hydrogens (primary N) is 1. The van der Waals surface area contributed by atoms with Crippen molar-refractivity contribution >= 4 is 21.4 Å². The van der Waals surface area contributed by atoms with Crippen LogP contribution in [-0.4, -0.2) is 5.54 Å². The second-order valence-corrected chi connectivity index (χ2v) is 5.93. The molecule has 2 N–H and O–H groups in total. The molecular formula is C13H14FNS. The van der Waals surface area contributed by atoms with Crippen molar-refractivity contribution in [1.29, 1.82) is 0 Å². The number of hydrogen-bond donors (Lipinski definition) is 1. The van der Waals surface area contributed by atoms with E-state index in [9.17, 15) is 4.39 Å². The highest BCUT2D eigenvalue weighted by molar-refractivity contribution is 7.19. The topological polar surface area (TPSA) is 26.0 Å². The van der Waals surface area contributed by atoms with Crippen molar-refractivity contribution in [3.05, 3.63) is 35.0 Å². The summed E-state index contributed by atoms with van der Waals surface area (Å²) in [5.41, 5.74) is 6.17. The molecule has 1 aromatic carbocycles. The lowest BCUT2D eigenvalue weighted by atomic mass is 10.1. The van der Waals surface area contributed by atoms with Crippen molar-refractivity contribution in [2.45, 2.75) is 31.2 Å². The normalized spacial score (nSPS) is 17.9. The standard InChI is InChI=1S/C13H14FNS/c14-10-1-2-12-9(7-10)8-11(16-12)3-4-13(15)5-6-13/h1-2,7-8H,3-6,15H2. The number of benzene rings is 1. The SMILES string of the molecule is NC1(CCc2cc3cc(F)ccc3s2)CC1. The van der Waals surface area contributed by atoms with Gasteiger partial charge in [0.1, 0.15) is 5.82 Å². The summed E-state index contributed by atoms with van der Waals surface area (Å²) in [6, 6.07) is 7.07. The monoisotopic (exact) mass is 235 g/mol. The maximum atomic E-state index is 13.0. The highest BCUT2D eigenvalue weighted by atomic mass is 32.1. The van der Waals surface area contributed by atoms with E-state index in [4.69, 9.17) is 5.73 Å². The summed E-state index contributed by atoms with van der Waals surface area (Å²) >= 11 is 1.75. The van der Waals surface area contributed by atoms with Crippen LogP contribution < -0.4 is 5.73 Å². The molecule has 1 fully saturated rings. The van der Waals surface area contributed by atoms with Gasteiger partial charge < -0.3 is 5.73 Å². The molecule has 0 atom stereocenters. The fraction of sp³-hybridized carbons (Fsp3) is 0.385. The maximum absolute atomic E-state index is 13.0. The molecule has 0 saturated heterocycles. The zero-order valence-corrected chi connectivity index (χ0v) is 9.82. The van der Waals surface area contributed by atoms with Crippen LogP contribution in [0.4, 0.5) is 4.39 Å². The molecule has 0 bridgehead atoms. The van der Waals surface area contributed by atoms with Gasteiger partial charge in [-0.15, -0.1) is 11.3 Å². The minimum Gasteiger partial charge on any atom is -0.325 e. The van der Waals surface area contributed by atoms with Crippen LogP contribution in [-0.2, 0) is 6.42 Å². The molecule has 3 heteroatoms. The lowest BCUT2D eigenvalue weighted by Crippen LogP contribution is -2.21. The Kier molecular flexibility index (Phi) is 2.26. The summed E-state index contributed by atoms with van der Waals surface area (Å²) in [7, 11) is 0. The van der Waals surface area contributed by atoms with Crippen molar-refractivity contribution in [3.8, 4) is 0 Å². The molecule has 16 heavy (non-hydrogen) atoms. The molecule has 0 radical (unpaired) electrons. The fourth-order valence-corrected chi connectivity index (χ4v) is 3.02. The van der Waals surface area contributed by atoms with E-state index in [1.54, 1.807) is 17.4 Å². The van der Waals surface area contributed by atoms with Crippen LogP contribution in [0.3, 0.4) is 0 Å². The third-order valence-electron chi connectivity index (χ3n) is 3.29. The Bertz CT molecular complexity index is 528. The Balaban J connectivity index is 1.82. The molecule has 0 spiro atoms. The van der Waals surface area contributed by atoms with Crippen molar-refractivity contribution in [2.75, 3.05) is 0 Å². The number of rotatable bonds is 3. The molecule has 3 rings (SSSR count). The van der Waals surface area contributed by atoms with Crippen molar-refractivity contribution in [1.82, 2.24) is 0 Å². The molecule has 2 aromatic rings. The molecule has 1 heterocycles. The minimum absolute atomic E-state index is 0.113. The Morgan fingerprint density at radius 1 is 1.31 bits per heavy atom. The van der Waals surface area contributed by atoms with Gasteiger partial charge in [0, 0.05) is 15.1 Å². The third kappa shape index (κ3) is 1.97. The lowest BCUT2D eigenvalue weighted by Gasteiger charge is -2.05. The van der Waals surface area contributed by atoms with Crippen LogP contribution in [0.5, 0.6) is 0 Å². The van der Waals surface area contributed by atoms with E-state index in [-0.39, 0.29) is 11.4 Å². The average molecular weight is 235 g/mol. The Labute approximate surface area is 98.1 Å². The Morgan fingerprint density at radius 3 is 2.88 bits per heavy atom. The van der Waals surface area contributed by atoms with Crippen molar-refractivity contribution in [3.63, 3.8) is 0 Å². The van der Waals surface area contributed by atoms with Gasteiger partial charge >= 0.3 is 0 Å². The summed E-state index contributed by atoms with van der Waals surface area (Å²) in [6.45, 7) is 0. The number of aryl methyl sites for hydroxylation is 1. The lowest BCUT2D eigenvalue weighted by molar-refractivity contribution is 0.612.